The van der Waals surface area contributed by atoms with Crippen LogP contribution in [0.5, 0.6) is 17.2 Å². The van der Waals surface area contributed by atoms with Crippen molar-refractivity contribution in [3.63, 3.8) is 0 Å². The van der Waals surface area contributed by atoms with Crippen LogP contribution in [-0.4, -0.2) is 24.6 Å². The van der Waals surface area contributed by atoms with Crippen molar-refractivity contribution in [3.05, 3.63) is 60.7 Å². The first kappa shape index (κ1) is 15.9. The molecule has 0 aliphatic heterocycles. The lowest BCUT2D eigenvalue weighted by Gasteiger charge is -2.11. The third-order valence-corrected chi connectivity index (χ3v) is 3.99. The number of rotatable bonds is 4. The lowest BCUT2D eigenvalue weighted by atomic mass is 10.2. The normalized spacial score (nSPS) is 10.8. The van der Waals surface area contributed by atoms with E-state index in [4.69, 9.17) is 4.74 Å². The van der Waals surface area contributed by atoms with Crippen molar-refractivity contribution in [2.75, 3.05) is 5.32 Å². The Hall–Kier alpha value is -3.61. The number of imidazole rings is 1. The van der Waals surface area contributed by atoms with Crippen LogP contribution in [0.1, 0.15) is 5.56 Å². The highest BCUT2D eigenvalue weighted by molar-refractivity contribution is 5.77. The van der Waals surface area contributed by atoms with Gasteiger partial charge in [-0.2, -0.15) is 0 Å². The van der Waals surface area contributed by atoms with Crippen LogP contribution in [-0.2, 0) is 7.05 Å². The van der Waals surface area contributed by atoms with Crippen LogP contribution >= 0.6 is 0 Å². The minimum Gasteiger partial charge on any atom is -0.505 e. The van der Waals surface area contributed by atoms with E-state index >= 15 is 0 Å². The van der Waals surface area contributed by atoms with E-state index in [1.165, 1.54) is 12.4 Å². The number of benzene rings is 2. The second-order valence-corrected chi connectivity index (χ2v) is 5.98. The van der Waals surface area contributed by atoms with Gasteiger partial charge >= 0.3 is 0 Å². The molecule has 2 heterocycles. The quantitative estimate of drug-likeness (QED) is 0.582. The molecule has 0 aliphatic rings. The molecule has 4 aromatic rings. The van der Waals surface area contributed by atoms with Crippen molar-refractivity contribution in [2.45, 2.75) is 6.92 Å². The molecule has 0 unspecified atom stereocenters. The van der Waals surface area contributed by atoms with Crippen molar-refractivity contribution >= 4 is 22.7 Å². The van der Waals surface area contributed by atoms with E-state index in [1.54, 1.807) is 6.33 Å². The summed E-state index contributed by atoms with van der Waals surface area (Å²) >= 11 is 0. The van der Waals surface area contributed by atoms with Gasteiger partial charge < -0.3 is 19.7 Å². The molecule has 0 fully saturated rings. The van der Waals surface area contributed by atoms with Gasteiger partial charge in [0.2, 0.25) is 5.95 Å². The zero-order valence-electron chi connectivity index (χ0n) is 14.3. The summed E-state index contributed by atoms with van der Waals surface area (Å²) in [6, 6.07) is 11.6. The summed E-state index contributed by atoms with van der Waals surface area (Å²) < 4.78 is 7.97. The third-order valence-electron chi connectivity index (χ3n) is 3.99. The average Bonchev–Trinajstić information content (AvgIpc) is 3.00. The first-order chi connectivity index (χ1) is 12.6. The van der Waals surface area contributed by atoms with Crippen LogP contribution < -0.4 is 10.1 Å². The summed E-state index contributed by atoms with van der Waals surface area (Å²) in [6.07, 6.45) is 4.46. The minimum atomic E-state index is 0.0281. The van der Waals surface area contributed by atoms with Crippen LogP contribution in [0.2, 0.25) is 0 Å². The maximum atomic E-state index is 9.24. The summed E-state index contributed by atoms with van der Waals surface area (Å²) in [5.74, 6) is 1.94. The molecule has 0 amide bonds. The van der Waals surface area contributed by atoms with Gasteiger partial charge in [-0.25, -0.2) is 15.0 Å². The zero-order valence-corrected chi connectivity index (χ0v) is 14.3. The molecule has 0 atom stereocenters. The maximum Gasteiger partial charge on any atom is 0.227 e. The zero-order chi connectivity index (χ0) is 18.1. The number of fused-ring (bicyclic) bond motifs is 1. The first-order valence-electron chi connectivity index (χ1n) is 8.06. The molecule has 0 radical (unpaired) electrons. The minimum absolute atomic E-state index is 0.0281. The van der Waals surface area contributed by atoms with Gasteiger partial charge in [0.1, 0.15) is 11.5 Å². The van der Waals surface area contributed by atoms with Gasteiger partial charge in [-0.1, -0.05) is 0 Å². The first-order valence-corrected chi connectivity index (χ1v) is 8.06. The second-order valence-electron chi connectivity index (χ2n) is 5.98. The van der Waals surface area contributed by atoms with Crippen LogP contribution in [0.4, 0.5) is 11.6 Å². The fourth-order valence-electron chi connectivity index (χ4n) is 2.66. The molecule has 0 saturated carbocycles. The number of aryl methyl sites for hydroxylation is 2. The number of aromatic hydroxyl groups is 1. The van der Waals surface area contributed by atoms with Crippen molar-refractivity contribution in [1.82, 2.24) is 19.5 Å². The topological polar surface area (TPSA) is 85.1 Å². The van der Waals surface area contributed by atoms with Crippen molar-refractivity contribution in [1.29, 1.82) is 0 Å². The standard InChI is InChI=1S/C19H17N5O2/c1-12-7-13(23-19-20-9-14(25)10-21-19)3-6-18(12)26-15-4-5-17-16(8-15)22-11-24(17)2/h3-11,25H,1-2H3,(H,20,21,23). The van der Waals surface area contributed by atoms with E-state index < -0.39 is 0 Å². The molecule has 0 saturated heterocycles. The van der Waals surface area contributed by atoms with Gasteiger partial charge in [0.15, 0.2) is 5.75 Å². The lowest BCUT2D eigenvalue weighted by molar-refractivity contribution is 0.470. The molecule has 0 aliphatic carbocycles. The van der Waals surface area contributed by atoms with E-state index in [0.717, 1.165) is 33.8 Å². The predicted molar refractivity (Wildman–Crippen MR) is 98.9 cm³/mol. The Kier molecular flexibility index (Phi) is 3.89. The molecule has 130 valence electrons. The molecule has 0 spiro atoms. The molecular formula is C19H17N5O2. The maximum absolute atomic E-state index is 9.24. The number of anilines is 2. The Morgan fingerprint density at radius 3 is 2.62 bits per heavy atom. The van der Waals surface area contributed by atoms with Gasteiger partial charge in [-0.3, -0.25) is 0 Å². The fraction of sp³-hybridized carbons (Fsp3) is 0.105. The second kappa shape index (κ2) is 6.36. The highest BCUT2D eigenvalue weighted by Gasteiger charge is 2.07. The van der Waals surface area contributed by atoms with E-state index in [1.807, 2.05) is 54.9 Å². The third kappa shape index (κ3) is 3.14. The molecule has 7 heteroatoms. The molecule has 2 aromatic carbocycles. The number of hydrogen-bond donors (Lipinski definition) is 2. The molecule has 4 rings (SSSR count). The van der Waals surface area contributed by atoms with E-state index in [2.05, 4.69) is 20.3 Å². The van der Waals surface area contributed by atoms with Crippen molar-refractivity contribution in [3.8, 4) is 17.2 Å². The van der Waals surface area contributed by atoms with Crippen LogP contribution in [0, 0.1) is 6.92 Å². The predicted octanol–water partition coefficient (Wildman–Crippen LogP) is 3.91. The highest BCUT2D eigenvalue weighted by atomic mass is 16.5. The molecule has 2 N–H and O–H groups in total. The number of nitrogens with zero attached hydrogens (tertiary/aromatic N) is 4. The van der Waals surface area contributed by atoms with Gasteiger partial charge in [0, 0.05) is 18.8 Å². The molecule has 26 heavy (non-hydrogen) atoms. The average molecular weight is 347 g/mol. The SMILES string of the molecule is Cc1cc(Nc2ncc(O)cn2)ccc1Oc1ccc2c(c1)ncn2C. The molecule has 0 bridgehead atoms. The van der Waals surface area contributed by atoms with E-state index in [9.17, 15) is 5.11 Å². The van der Waals surface area contributed by atoms with E-state index in [0.29, 0.717) is 5.95 Å². The molecule has 2 aromatic heterocycles. The number of hydrogen-bond acceptors (Lipinski definition) is 6. The summed E-state index contributed by atoms with van der Waals surface area (Å²) in [7, 11) is 1.96. The molecule has 7 nitrogen and oxygen atoms in total. The van der Waals surface area contributed by atoms with Crippen LogP contribution in [0.15, 0.2) is 55.1 Å². The smallest absolute Gasteiger partial charge is 0.227 e. The van der Waals surface area contributed by atoms with Gasteiger partial charge in [0.05, 0.1) is 29.8 Å². The lowest BCUT2D eigenvalue weighted by Crippen LogP contribution is -1.97. The van der Waals surface area contributed by atoms with Crippen molar-refractivity contribution in [2.24, 2.45) is 7.05 Å². The molecular weight excluding hydrogens is 330 g/mol. The van der Waals surface area contributed by atoms with Gasteiger partial charge in [0.25, 0.3) is 0 Å². The van der Waals surface area contributed by atoms with Crippen molar-refractivity contribution < 1.29 is 9.84 Å². The van der Waals surface area contributed by atoms with Crippen LogP contribution in [0.25, 0.3) is 11.0 Å². The number of ether oxygens (including phenoxy) is 1. The largest absolute Gasteiger partial charge is 0.505 e. The summed E-state index contributed by atoms with van der Waals surface area (Å²) in [5, 5.41) is 12.3. The number of nitrogens with one attached hydrogen (secondary N) is 1. The Bertz CT molecular complexity index is 1070. The summed E-state index contributed by atoms with van der Waals surface area (Å²) in [4.78, 5) is 12.4. The monoisotopic (exact) mass is 347 g/mol. The summed E-state index contributed by atoms with van der Waals surface area (Å²) in [6.45, 7) is 1.97. The Morgan fingerprint density at radius 2 is 1.85 bits per heavy atom. The van der Waals surface area contributed by atoms with Gasteiger partial charge in [-0.15, -0.1) is 0 Å². The van der Waals surface area contributed by atoms with Crippen LogP contribution in [0.3, 0.4) is 0 Å². The Labute approximate surface area is 149 Å². The summed E-state index contributed by atoms with van der Waals surface area (Å²) in [5.41, 5.74) is 3.75. The number of aromatic nitrogens is 4. The highest BCUT2D eigenvalue weighted by Crippen LogP contribution is 2.29. The Balaban J connectivity index is 1.54. The van der Waals surface area contributed by atoms with Gasteiger partial charge in [-0.05, 0) is 42.8 Å². The van der Waals surface area contributed by atoms with E-state index in [-0.39, 0.29) is 5.75 Å². The Morgan fingerprint density at radius 1 is 1.04 bits per heavy atom. The fourth-order valence-corrected chi connectivity index (χ4v) is 2.66.